The molecule has 16 rings (SSSR count). The third kappa shape index (κ3) is 5.33. The van der Waals surface area contributed by atoms with Gasteiger partial charge in [-0.05, 0) is 126 Å². The molecule has 4 aliphatic rings. The zero-order valence-electron chi connectivity index (χ0n) is 40.3. The average molecular weight is 932 g/mol. The fourth-order valence-electron chi connectivity index (χ4n) is 13.6. The van der Waals surface area contributed by atoms with Crippen LogP contribution in [-0.2, 0) is 10.8 Å². The lowest BCUT2D eigenvalue weighted by Gasteiger charge is -2.37. The largest absolute Gasteiger partial charge is 0.455 e. The summed E-state index contributed by atoms with van der Waals surface area (Å²) in [6.07, 6.45) is 0. The maximum absolute atomic E-state index is 7.35. The van der Waals surface area contributed by atoms with Gasteiger partial charge in [-0.3, -0.25) is 0 Å². The van der Waals surface area contributed by atoms with Gasteiger partial charge in [0.2, 0.25) is 0 Å². The van der Waals surface area contributed by atoms with Gasteiger partial charge in [-0.25, -0.2) is 0 Å². The van der Waals surface area contributed by atoms with Crippen LogP contribution in [-0.4, -0.2) is 0 Å². The fraction of sp³-hybridized carbons (Fsp3) is 0.0571. The summed E-state index contributed by atoms with van der Waals surface area (Å²) in [7, 11) is 0. The van der Waals surface area contributed by atoms with E-state index in [0.29, 0.717) is 0 Å². The summed E-state index contributed by atoms with van der Waals surface area (Å²) in [5.74, 6) is 1.64. The molecule has 0 radical (unpaired) electrons. The maximum atomic E-state index is 7.35. The van der Waals surface area contributed by atoms with E-state index < -0.39 is 5.41 Å². The first kappa shape index (κ1) is 40.5. The average Bonchev–Trinajstić information content (AvgIpc) is 3.98. The van der Waals surface area contributed by atoms with E-state index in [-0.39, 0.29) is 5.41 Å². The van der Waals surface area contributed by atoms with E-state index in [0.717, 1.165) is 78.3 Å². The van der Waals surface area contributed by atoms with Crippen LogP contribution in [0.1, 0.15) is 47.2 Å². The van der Waals surface area contributed by atoms with Gasteiger partial charge >= 0.3 is 0 Å². The number of hydrogen-bond donors (Lipinski definition) is 0. The number of furan rings is 1. The van der Waals surface area contributed by atoms with Gasteiger partial charge in [0.25, 0.3) is 0 Å². The van der Waals surface area contributed by atoms with Crippen LogP contribution in [0, 0.1) is 0 Å². The summed E-state index contributed by atoms with van der Waals surface area (Å²) in [6, 6.07) is 87.4. The standard InChI is InChI=1S/C70H45NO2/c1-69(2)57-28-12-7-23-49(57)51-37-35-42(40-61(51)69)71(63-31-17-27-54-47-21-6-5-20-46(47)52-24-10-15-32-64(52)72-67(54)63)43-34-36-50-45-19-4-3-18-44(45)48-22-8-13-29-58(48)70(62(50)41-43)59-30-14-9-26-56(59)66-60(70)39-38-55-53-25-11-16-33-65(53)73-68(55)66/h3-41H,1-2H3. The molecule has 73 heavy (non-hydrogen) atoms. The van der Waals surface area contributed by atoms with Crippen molar-refractivity contribution >= 4 is 39.0 Å². The molecule has 12 aromatic rings. The monoisotopic (exact) mass is 931 g/mol. The molecule has 1 aromatic heterocycles. The topological polar surface area (TPSA) is 25.6 Å². The van der Waals surface area contributed by atoms with Crippen LogP contribution in [0.15, 0.2) is 241 Å². The molecule has 3 nitrogen and oxygen atoms in total. The summed E-state index contributed by atoms with van der Waals surface area (Å²) >= 11 is 0. The first-order chi connectivity index (χ1) is 36.0. The van der Waals surface area contributed by atoms with Gasteiger partial charge in [-0.15, -0.1) is 0 Å². The smallest absolute Gasteiger partial charge is 0.159 e. The number of para-hydroxylation sites is 3. The third-order valence-corrected chi connectivity index (χ3v) is 16.7. The molecule has 0 N–H and O–H groups in total. The number of hydrogen-bond acceptors (Lipinski definition) is 3. The van der Waals surface area contributed by atoms with Gasteiger partial charge in [0.05, 0.1) is 11.1 Å². The maximum Gasteiger partial charge on any atom is 0.159 e. The molecular formula is C70H45NO2. The molecule has 1 spiro atoms. The summed E-state index contributed by atoms with van der Waals surface area (Å²) in [5.41, 5.74) is 25.6. The summed E-state index contributed by atoms with van der Waals surface area (Å²) in [4.78, 5) is 2.47. The number of rotatable bonds is 3. The molecule has 11 aromatic carbocycles. The molecule has 3 heteroatoms. The van der Waals surface area contributed by atoms with E-state index in [1.54, 1.807) is 0 Å². The van der Waals surface area contributed by atoms with Gasteiger partial charge in [-0.1, -0.05) is 208 Å². The normalized spacial score (nSPS) is 15.5. The van der Waals surface area contributed by atoms with Crippen molar-refractivity contribution in [1.29, 1.82) is 0 Å². The van der Waals surface area contributed by atoms with Crippen molar-refractivity contribution < 1.29 is 9.15 Å². The number of anilines is 3. The second-order valence-electron chi connectivity index (χ2n) is 20.6. The van der Waals surface area contributed by atoms with E-state index >= 15 is 0 Å². The molecule has 2 heterocycles. The lowest BCUT2D eigenvalue weighted by Crippen LogP contribution is -2.29. The van der Waals surface area contributed by atoms with Gasteiger partial charge in [-0.2, -0.15) is 0 Å². The zero-order valence-corrected chi connectivity index (χ0v) is 40.3. The number of benzene rings is 11. The van der Waals surface area contributed by atoms with Gasteiger partial charge < -0.3 is 14.1 Å². The Hall–Kier alpha value is -9.18. The van der Waals surface area contributed by atoms with Crippen LogP contribution in [0.2, 0.25) is 0 Å². The van der Waals surface area contributed by atoms with Crippen molar-refractivity contribution in [2.24, 2.45) is 0 Å². The van der Waals surface area contributed by atoms with Crippen molar-refractivity contribution in [3.63, 3.8) is 0 Å². The molecular weight excluding hydrogens is 887 g/mol. The molecule has 0 amide bonds. The second kappa shape index (κ2) is 14.7. The molecule has 0 fully saturated rings. The Kier molecular flexibility index (Phi) is 8.16. The quantitative estimate of drug-likeness (QED) is 0.177. The Balaban J connectivity index is 1.03. The Morgan fingerprint density at radius 2 is 0.849 bits per heavy atom. The van der Waals surface area contributed by atoms with Crippen LogP contribution in [0.4, 0.5) is 17.1 Å². The first-order valence-electron chi connectivity index (χ1n) is 25.4. The summed E-state index contributed by atoms with van der Waals surface area (Å²) in [6.45, 7) is 4.73. The Bertz CT molecular complexity index is 4360. The van der Waals surface area contributed by atoms with E-state index in [1.165, 1.54) is 72.3 Å². The van der Waals surface area contributed by atoms with E-state index in [1.807, 2.05) is 0 Å². The highest BCUT2D eigenvalue weighted by Gasteiger charge is 2.51. The van der Waals surface area contributed by atoms with E-state index in [4.69, 9.17) is 9.15 Å². The van der Waals surface area contributed by atoms with Gasteiger partial charge in [0.1, 0.15) is 16.9 Å². The van der Waals surface area contributed by atoms with E-state index in [9.17, 15) is 0 Å². The molecule has 1 atom stereocenters. The predicted molar refractivity (Wildman–Crippen MR) is 299 cm³/mol. The molecule has 3 aliphatic carbocycles. The number of ether oxygens (including phenoxy) is 1. The minimum Gasteiger partial charge on any atom is -0.455 e. The Morgan fingerprint density at radius 3 is 1.58 bits per heavy atom. The minimum atomic E-state index is -0.755. The minimum absolute atomic E-state index is 0.222. The summed E-state index contributed by atoms with van der Waals surface area (Å²) < 4.78 is 14.4. The van der Waals surface area contributed by atoms with Crippen LogP contribution in [0.3, 0.4) is 0 Å². The van der Waals surface area contributed by atoms with Gasteiger partial charge in [0, 0.05) is 44.3 Å². The van der Waals surface area contributed by atoms with Gasteiger partial charge in [0.15, 0.2) is 5.75 Å². The highest BCUT2D eigenvalue weighted by Crippen LogP contribution is 2.64. The Labute approximate surface area is 423 Å². The molecule has 0 saturated heterocycles. The zero-order chi connectivity index (χ0) is 48.2. The molecule has 342 valence electrons. The van der Waals surface area contributed by atoms with Crippen molar-refractivity contribution in [3.8, 4) is 78.3 Å². The van der Waals surface area contributed by atoms with Crippen molar-refractivity contribution in [3.05, 3.63) is 270 Å². The van der Waals surface area contributed by atoms with Crippen LogP contribution >= 0.6 is 0 Å². The lowest BCUT2D eigenvalue weighted by molar-refractivity contribution is 0.489. The number of fused-ring (bicyclic) bond motifs is 24. The highest BCUT2D eigenvalue weighted by molar-refractivity contribution is 6.13. The lowest BCUT2D eigenvalue weighted by atomic mass is 9.65. The first-order valence-corrected chi connectivity index (χ1v) is 25.4. The molecule has 1 unspecified atom stereocenters. The Morgan fingerprint density at radius 1 is 0.342 bits per heavy atom. The van der Waals surface area contributed by atoms with Crippen LogP contribution < -0.4 is 9.64 Å². The molecule has 0 saturated carbocycles. The number of nitrogens with zero attached hydrogens (tertiary/aromatic N) is 1. The molecule has 0 bridgehead atoms. The van der Waals surface area contributed by atoms with Crippen molar-refractivity contribution in [1.82, 2.24) is 0 Å². The van der Waals surface area contributed by atoms with Crippen molar-refractivity contribution in [2.45, 2.75) is 24.7 Å². The third-order valence-electron chi connectivity index (χ3n) is 16.7. The predicted octanol–water partition coefficient (Wildman–Crippen LogP) is 18.8. The molecule has 1 aliphatic heterocycles. The SMILES string of the molecule is CC1(C)c2ccccc2-c2ccc(N(c3ccc4c(c3)C3(c5ccccc5-c5ccccc5-4)c4ccccc4-c4c3ccc3c4oc4ccccc43)c3cccc4c3Oc3ccccc3-c3ccccc3-4)cc21. The van der Waals surface area contributed by atoms with Crippen LogP contribution in [0.5, 0.6) is 11.5 Å². The van der Waals surface area contributed by atoms with Crippen LogP contribution in [0.25, 0.3) is 88.7 Å². The van der Waals surface area contributed by atoms with Crippen molar-refractivity contribution in [2.75, 3.05) is 4.90 Å². The highest BCUT2D eigenvalue weighted by atomic mass is 16.5. The fourth-order valence-corrected chi connectivity index (χ4v) is 13.6. The second-order valence-corrected chi connectivity index (χ2v) is 20.6. The summed E-state index contributed by atoms with van der Waals surface area (Å²) in [5, 5.41) is 2.25. The van der Waals surface area contributed by atoms with E-state index in [2.05, 4.69) is 255 Å².